The lowest BCUT2D eigenvalue weighted by atomic mass is 9.63. The summed E-state index contributed by atoms with van der Waals surface area (Å²) in [6, 6.07) is 0.492. The van der Waals surface area contributed by atoms with Gasteiger partial charge in [0.2, 0.25) is 0 Å². The van der Waals surface area contributed by atoms with Crippen LogP contribution in [0.3, 0.4) is 0 Å². The summed E-state index contributed by atoms with van der Waals surface area (Å²) in [5, 5.41) is 7.41. The second kappa shape index (κ2) is 5.04. The van der Waals surface area contributed by atoms with E-state index in [9.17, 15) is 0 Å². The molecule has 3 nitrogen and oxygen atoms in total. The van der Waals surface area contributed by atoms with Crippen molar-refractivity contribution in [1.29, 1.82) is 0 Å². The molecule has 0 radical (unpaired) electrons. The molecule has 0 aromatic carbocycles. The van der Waals surface area contributed by atoms with Crippen molar-refractivity contribution in [2.45, 2.75) is 72.8 Å². The molecule has 1 aromatic rings. The van der Waals surface area contributed by atoms with E-state index < -0.39 is 0 Å². The number of aryl methyl sites for hydroxylation is 1. The van der Waals surface area contributed by atoms with Crippen molar-refractivity contribution in [2.75, 3.05) is 0 Å². The molecule has 0 spiro atoms. The minimum atomic E-state index is 0.377. The maximum atomic E-state index is 5.46. The van der Waals surface area contributed by atoms with Gasteiger partial charge in [-0.3, -0.25) is 5.10 Å². The van der Waals surface area contributed by atoms with Crippen LogP contribution in [0.4, 0.5) is 0 Å². The lowest BCUT2D eigenvalue weighted by Crippen LogP contribution is -2.35. The van der Waals surface area contributed by atoms with Crippen LogP contribution >= 0.6 is 12.2 Å². The van der Waals surface area contributed by atoms with Crippen LogP contribution in [-0.2, 0) is 6.42 Å². The van der Waals surface area contributed by atoms with Gasteiger partial charge in [-0.1, -0.05) is 34.6 Å². The van der Waals surface area contributed by atoms with Gasteiger partial charge >= 0.3 is 0 Å². The van der Waals surface area contributed by atoms with Gasteiger partial charge in [0, 0.05) is 12.5 Å². The number of rotatable bonds is 3. The summed E-state index contributed by atoms with van der Waals surface area (Å²) in [6.45, 7) is 11.7. The number of nitrogens with one attached hydrogen (secondary N) is 1. The lowest BCUT2D eigenvalue weighted by molar-refractivity contribution is 0.0705. The summed E-state index contributed by atoms with van der Waals surface area (Å²) in [5.74, 6) is 1.13. The van der Waals surface area contributed by atoms with Crippen molar-refractivity contribution in [3.05, 3.63) is 10.6 Å². The molecule has 1 heterocycles. The topological polar surface area (TPSA) is 33.6 Å². The second-order valence-corrected chi connectivity index (χ2v) is 8.02. The molecule has 0 saturated heterocycles. The fraction of sp³-hybridized carbons (Fsp3) is 0.867. The molecule has 0 unspecified atom stereocenters. The van der Waals surface area contributed by atoms with Crippen LogP contribution in [0.5, 0.6) is 0 Å². The lowest BCUT2D eigenvalue weighted by Gasteiger charge is -2.45. The molecule has 1 aliphatic carbocycles. The third-order valence-corrected chi connectivity index (χ3v) is 4.44. The van der Waals surface area contributed by atoms with Gasteiger partial charge in [-0.25, -0.2) is 0 Å². The molecule has 0 atom stereocenters. The van der Waals surface area contributed by atoms with Gasteiger partial charge in [0.1, 0.15) is 5.82 Å². The summed E-state index contributed by atoms with van der Waals surface area (Å²) < 4.78 is 3.09. The number of hydrogen-bond donors (Lipinski definition) is 1. The number of nitrogens with zero attached hydrogens (tertiary/aromatic N) is 2. The van der Waals surface area contributed by atoms with E-state index in [4.69, 9.17) is 12.2 Å². The van der Waals surface area contributed by atoms with Crippen molar-refractivity contribution < 1.29 is 0 Å². The summed E-state index contributed by atoms with van der Waals surface area (Å²) >= 11 is 5.46. The van der Waals surface area contributed by atoms with E-state index in [1.54, 1.807) is 0 Å². The molecule has 1 N–H and O–H groups in total. The molecule has 0 amide bonds. The molecule has 1 aromatic heterocycles. The fourth-order valence-electron chi connectivity index (χ4n) is 4.08. The minimum Gasteiger partial charge on any atom is -0.301 e. The van der Waals surface area contributed by atoms with Crippen LogP contribution < -0.4 is 0 Å². The van der Waals surface area contributed by atoms with Gasteiger partial charge in [-0.05, 0) is 48.7 Å². The summed E-state index contributed by atoms with van der Waals surface area (Å²) in [7, 11) is 0. The van der Waals surface area contributed by atoms with Crippen LogP contribution in [0.25, 0.3) is 0 Å². The first kappa shape index (κ1) is 14.8. The van der Waals surface area contributed by atoms with Gasteiger partial charge < -0.3 is 4.57 Å². The van der Waals surface area contributed by atoms with Crippen LogP contribution in [0, 0.1) is 15.6 Å². The predicted molar refractivity (Wildman–Crippen MR) is 81.9 cm³/mol. The minimum absolute atomic E-state index is 0.377. The molecule has 1 fully saturated rings. The highest BCUT2D eigenvalue weighted by molar-refractivity contribution is 7.71. The monoisotopic (exact) mass is 281 g/mol. The van der Waals surface area contributed by atoms with Crippen molar-refractivity contribution in [3.8, 4) is 0 Å². The number of aromatic amines is 1. The van der Waals surface area contributed by atoms with Gasteiger partial charge in [0.15, 0.2) is 4.77 Å². The zero-order valence-corrected chi connectivity index (χ0v) is 13.7. The molecule has 1 aliphatic rings. The number of hydrogen-bond acceptors (Lipinski definition) is 2. The van der Waals surface area contributed by atoms with Crippen molar-refractivity contribution >= 4 is 12.2 Å². The van der Waals surface area contributed by atoms with E-state index in [-0.39, 0.29) is 0 Å². The van der Waals surface area contributed by atoms with Crippen molar-refractivity contribution in [1.82, 2.24) is 14.8 Å². The second-order valence-electron chi connectivity index (χ2n) is 7.63. The first-order valence-electron chi connectivity index (χ1n) is 7.40. The van der Waals surface area contributed by atoms with Crippen molar-refractivity contribution in [2.24, 2.45) is 10.8 Å². The fourth-order valence-corrected chi connectivity index (χ4v) is 4.38. The Hall–Kier alpha value is -0.640. The molecule has 2 rings (SSSR count). The normalized spacial score (nSPS) is 22.6. The van der Waals surface area contributed by atoms with Crippen LogP contribution in [-0.4, -0.2) is 14.8 Å². The van der Waals surface area contributed by atoms with Crippen LogP contribution in [0.2, 0.25) is 0 Å². The smallest absolute Gasteiger partial charge is 0.195 e. The summed E-state index contributed by atoms with van der Waals surface area (Å²) in [6.07, 6.45) is 5.79. The highest BCUT2D eigenvalue weighted by Gasteiger charge is 2.39. The number of aromatic nitrogens is 3. The molecular weight excluding hydrogens is 254 g/mol. The Bertz CT molecular complexity index is 480. The summed E-state index contributed by atoms with van der Waals surface area (Å²) in [5.41, 5.74) is 0.754. The summed E-state index contributed by atoms with van der Waals surface area (Å²) in [4.78, 5) is 0. The zero-order valence-electron chi connectivity index (χ0n) is 12.9. The Morgan fingerprint density at radius 2 is 1.84 bits per heavy atom. The Morgan fingerprint density at radius 1 is 1.26 bits per heavy atom. The van der Waals surface area contributed by atoms with Crippen LogP contribution in [0.1, 0.15) is 72.2 Å². The number of H-pyrrole nitrogens is 1. The molecule has 1 saturated carbocycles. The Balaban J connectivity index is 2.35. The highest BCUT2D eigenvalue weighted by atomic mass is 32.1. The van der Waals surface area contributed by atoms with Crippen LogP contribution in [0.15, 0.2) is 0 Å². The van der Waals surface area contributed by atoms with E-state index in [1.165, 1.54) is 19.3 Å². The van der Waals surface area contributed by atoms with E-state index in [1.807, 2.05) is 0 Å². The molecule has 108 valence electrons. The predicted octanol–water partition coefficient (Wildman–Crippen LogP) is 4.67. The van der Waals surface area contributed by atoms with Gasteiger partial charge in [0.25, 0.3) is 0 Å². The van der Waals surface area contributed by atoms with Gasteiger partial charge in [-0.2, -0.15) is 5.10 Å². The quantitative estimate of drug-likeness (QED) is 0.817. The zero-order chi connectivity index (χ0) is 14.3. The SMILES string of the molecule is CCCc1n[nH]c(=S)n1C1CC(C)(C)CC(C)(C)C1. The largest absolute Gasteiger partial charge is 0.301 e. The van der Waals surface area contributed by atoms with E-state index >= 15 is 0 Å². The van der Waals surface area contributed by atoms with E-state index in [0.717, 1.165) is 23.4 Å². The Labute approximate surface area is 121 Å². The maximum Gasteiger partial charge on any atom is 0.195 e. The first-order chi connectivity index (χ1) is 8.74. The standard InChI is InChI=1S/C15H27N3S/c1-6-7-12-16-17-13(19)18(12)11-8-14(2,3)10-15(4,5)9-11/h11H,6-10H2,1-5H3,(H,17,19). The first-order valence-corrected chi connectivity index (χ1v) is 7.81. The third kappa shape index (κ3) is 3.28. The molecule has 19 heavy (non-hydrogen) atoms. The molecule has 0 bridgehead atoms. The molecule has 0 aliphatic heterocycles. The van der Waals surface area contributed by atoms with Gasteiger partial charge in [0.05, 0.1) is 0 Å². The average molecular weight is 281 g/mol. The average Bonchev–Trinajstić information content (AvgIpc) is 2.55. The molecular formula is C15H27N3S. The molecule has 4 heteroatoms. The van der Waals surface area contributed by atoms with Gasteiger partial charge in [-0.15, -0.1) is 0 Å². The van der Waals surface area contributed by atoms with E-state index in [2.05, 4.69) is 49.4 Å². The van der Waals surface area contributed by atoms with Crippen molar-refractivity contribution in [3.63, 3.8) is 0 Å². The van der Waals surface area contributed by atoms with E-state index in [0.29, 0.717) is 16.9 Å². The highest BCUT2D eigenvalue weighted by Crippen LogP contribution is 2.50. The Morgan fingerprint density at radius 3 is 2.37 bits per heavy atom. The Kier molecular flexibility index (Phi) is 3.92. The maximum absolute atomic E-state index is 5.46. The third-order valence-electron chi connectivity index (χ3n) is 4.15.